The molecule has 0 atom stereocenters. The molecule has 0 bridgehead atoms. The molecule has 1 aliphatic heterocycles. The Labute approximate surface area is 97.3 Å². The third-order valence-electron chi connectivity index (χ3n) is 2.71. The number of hydrogen-bond donors (Lipinski definition) is 2. The maximum atomic E-state index is 8.66. The van der Waals surface area contributed by atoms with Gasteiger partial charge in [-0.2, -0.15) is 0 Å². The number of hydrogen-bond acceptors (Lipinski definition) is 3. The second-order valence-electron chi connectivity index (χ2n) is 4.02. The molecule has 0 saturated carbocycles. The molecule has 94 valence electrons. The molecule has 1 rings (SSSR count). The van der Waals surface area contributed by atoms with Crippen LogP contribution >= 0.6 is 0 Å². The van der Waals surface area contributed by atoms with Crippen LogP contribution in [0.4, 0.5) is 0 Å². The molecule has 1 saturated heterocycles. The number of aliphatic hydroxyl groups excluding tert-OH is 1. The predicted molar refractivity (Wildman–Crippen MR) is 64.4 cm³/mol. The summed E-state index contributed by atoms with van der Waals surface area (Å²) < 4.78 is 5.48. The van der Waals surface area contributed by atoms with Gasteiger partial charge < -0.3 is 20.5 Å². The van der Waals surface area contributed by atoms with Gasteiger partial charge in [0.25, 0.3) is 0 Å². The lowest BCUT2D eigenvalue weighted by Gasteiger charge is -2.32. The summed E-state index contributed by atoms with van der Waals surface area (Å²) in [5, 5.41) is 8.66. The van der Waals surface area contributed by atoms with E-state index >= 15 is 0 Å². The Balaban J connectivity index is 2.25. The molecule has 1 aliphatic rings. The van der Waals surface area contributed by atoms with Gasteiger partial charge in [-0.05, 0) is 19.3 Å². The van der Waals surface area contributed by atoms with E-state index in [0.29, 0.717) is 12.6 Å². The number of guanidine groups is 1. The highest BCUT2D eigenvalue weighted by molar-refractivity contribution is 5.78. The first-order valence-corrected chi connectivity index (χ1v) is 6.05. The summed E-state index contributed by atoms with van der Waals surface area (Å²) in [5.41, 5.74) is 5.88. The van der Waals surface area contributed by atoms with Crippen molar-refractivity contribution in [2.45, 2.75) is 32.3 Å². The van der Waals surface area contributed by atoms with Gasteiger partial charge in [-0.1, -0.05) is 6.92 Å². The zero-order valence-electron chi connectivity index (χ0n) is 10.1. The van der Waals surface area contributed by atoms with Crippen LogP contribution in [-0.2, 0) is 4.74 Å². The first-order valence-electron chi connectivity index (χ1n) is 6.05. The van der Waals surface area contributed by atoms with Crippen molar-refractivity contribution in [1.29, 1.82) is 0 Å². The number of nitrogens with zero attached hydrogens (tertiary/aromatic N) is 2. The van der Waals surface area contributed by atoms with Crippen LogP contribution in [0.15, 0.2) is 4.99 Å². The first kappa shape index (κ1) is 13.3. The van der Waals surface area contributed by atoms with Crippen LogP contribution in [0.2, 0.25) is 0 Å². The first-order chi connectivity index (χ1) is 7.77. The molecule has 0 spiro atoms. The molecular weight excluding hydrogens is 206 g/mol. The Morgan fingerprint density at radius 1 is 1.50 bits per heavy atom. The average Bonchev–Trinajstić information content (AvgIpc) is 2.34. The summed E-state index contributed by atoms with van der Waals surface area (Å²) in [6.07, 6.45) is 3.21. The van der Waals surface area contributed by atoms with Crippen molar-refractivity contribution in [2.75, 3.05) is 32.8 Å². The van der Waals surface area contributed by atoms with Gasteiger partial charge in [0.05, 0.1) is 19.3 Å². The van der Waals surface area contributed by atoms with E-state index < -0.39 is 0 Å². The van der Waals surface area contributed by atoms with E-state index in [1.54, 1.807) is 0 Å². The van der Waals surface area contributed by atoms with E-state index in [4.69, 9.17) is 15.6 Å². The summed E-state index contributed by atoms with van der Waals surface area (Å²) in [7, 11) is 0. The van der Waals surface area contributed by atoms with E-state index in [9.17, 15) is 0 Å². The molecule has 5 heteroatoms. The Morgan fingerprint density at radius 3 is 2.75 bits per heavy atom. The topological polar surface area (TPSA) is 71.1 Å². The van der Waals surface area contributed by atoms with Crippen molar-refractivity contribution in [3.8, 4) is 0 Å². The third kappa shape index (κ3) is 4.37. The Bertz CT molecular complexity index is 213. The number of ether oxygens (including phenoxy) is 1. The standard InChI is InChI=1S/C11H23N3O2/c1-2-5-13-11(12)14-6-3-10(4-7-14)16-9-8-15/h10,15H,2-9H2,1H3,(H2,12,13). The molecule has 1 fully saturated rings. The predicted octanol–water partition coefficient (Wildman–Crippen LogP) is 0.184. The molecule has 0 aromatic heterocycles. The number of piperidine rings is 1. The zero-order valence-corrected chi connectivity index (χ0v) is 10.1. The molecule has 0 aromatic rings. The Morgan fingerprint density at radius 2 is 2.19 bits per heavy atom. The summed E-state index contributed by atoms with van der Waals surface area (Å²) in [6.45, 7) is 5.22. The van der Waals surface area contributed by atoms with E-state index in [0.717, 1.165) is 38.9 Å². The molecule has 0 amide bonds. The van der Waals surface area contributed by atoms with Crippen LogP contribution in [0.1, 0.15) is 26.2 Å². The number of likely N-dealkylation sites (tertiary alicyclic amines) is 1. The lowest BCUT2D eigenvalue weighted by atomic mass is 10.1. The number of aliphatic hydroxyl groups is 1. The molecule has 0 aromatic carbocycles. The quantitative estimate of drug-likeness (QED) is 0.521. The molecule has 1 heterocycles. The van der Waals surface area contributed by atoms with Crippen LogP contribution in [0.5, 0.6) is 0 Å². The SMILES string of the molecule is CCCN=C(N)N1CCC(OCCO)CC1. The van der Waals surface area contributed by atoms with Gasteiger partial charge in [0.2, 0.25) is 0 Å². The molecule has 16 heavy (non-hydrogen) atoms. The fourth-order valence-corrected chi connectivity index (χ4v) is 1.80. The van der Waals surface area contributed by atoms with Crippen molar-refractivity contribution in [2.24, 2.45) is 10.7 Å². The maximum absolute atomic E-state index is 8.66. The minimum Gasteiger partial charge on any atom is -0.394 e. The van der Waals surface area contributed by atoms with Gasteiger partial charge >= 0.3 is 0 Å². The average molecular weight is 229 g/mol. The van der Waals surface area contributed by atoms with Crippen molar-refractivity contribution in [3.05, 3.63) is 0 Å². The van der Waals surface area contributed by atoms with Crippen LogP contribution in [0, 0.1) is 0 Å². The molecule has 5 nitrogen and oxygen atoms in total. The van der Waals surface area contributed by atoms with Gasteiger partial charge in [0.1, 0.15) is 0 Å². The van der Waals surface area contributed by atoms with Crippen LogP contribution in [0.25, 0.3) is 0 Å². The molecular formula is C11H23N3O2. The van der Waals surface area contributed by atoms with Crippen LogP contribution in [0.3, 0.4) is 0 Å². The van der Waals surface area contributed by atoms with Gasteiger partial charge in [0, 0.05) is 19.6 Å². The maximum Gasteiger partial charge on any atom is 0.191 e. The fourth-order valence-electron chi connectivity index (χ4n) is 1.80. The van der Waals surface area contributed by atoms with Gasteiger partial charge in [0.15, 0.2) is 5.96 Å². The van der Waals surface area contributed by atoms with Crippen molar-refractivity contribution < 1.29 is 9.84 Å². The number of nitrogens with two attached hydrogens (primary N) is 1. The molecule has 0 aliphatic carbocycles. The van der Waals surface area contributed by atoms with Crippen LogP contribution < -0.4 is 5.73 Å². The van der Waals surface area contributed by atoms with Crippen molar-refractivity contribution in [3.63, 3.8) is 0 Å². The van der Waals surface area contributed by atoms with Crippen molar-refractivity contribution >= 4 is 5.96 Å². The lowest BCUT2D eigenvalue weighted by Crippen LogP contribution is -2.44. The third-order valence-corrected chi connectivity index (χ3v) is 2.71. The lowest BCUT2D eigenvalue weighted by molar-refractivity contribution is 0.00147. The van der Waals surface area contributed by atoms with Gasteiger partial charge in [-0.3, -0.25) is 4.99 Å². The monoisotopic (exact) mass is 229 g/mol. The fraction of sp³-hybridized carbons (Fsp3) is 0.909. The Kier molecular flexibility index (Phi) is 6.18. The minimum atomic E-state index is 0.0975. The van der Waals surface area contributed by atoms with Crippen LogP contribution in [-0.4, -0.2) is 54.9 Å². The van der Waals surface area contributed by atoms with Gasteiger partial charge in [-0.15, -0.1) is 0 Å². The summed E-state index contributed by atoms with van der Waals surface area (Å²) >= 11 is 0. The summed E-state index contributed by atoms with van der Waals surface area (Å²) in [6, 6.07) is 0. The highest BCUT2D eigenvalue weighted by Crippen LogP contribution is 2.13. The van der Waals surface area contributed by atoms with E-state index in [2.05, 4.69) is 16.8 Å². The second-order valence-corrected chi connectivity index (χ2v) is 4.02. The minimum absolute atomic E-state index is 0.0975. The van der Waals surface area contributed by atoms with E-state index in [1.165, 1.54) is 0 Å². The molecule has 0 radical (unpaired) electrons. The number of rotatable bonds is 5. The summed E-state index contributed by atoms with van der Waals surface area (Å²) in [5.74, 6) is 0.655. The van der Waals surface area contributed by atoms with Gasteiger partial charge in [-0.25, -0.2) is 0 Å². The largest absolute Gasteiger partial charge is 0.394 e. The smallest absolute Gasteiger partial charge is 0.191 e. The normalized spacial score (nSPS) is 19.1. The molecule has 0 unspecified atom stereocenters. The van der Waals surface area contributed by atoms with Crippen molar-refractivity contribution in [1.82, 2.24) is 4.90 Å². The summed E-state index contributed by atoms with van der Waals surface area (Å²) in [4.78, 5) is 6.40. The Hall–Kier alpha value is -0.810. The van der Waals surface area contributed by atoms with E-state index in [1.807, 2.05) is 0 Å². The highest BCUT2D eigenvalue weighted by Gasteiger charge is 2.20. The zero-order chi connectivity index (χ0) is 11.8. The highest BCUT2D eigenvalue weighted by atomic mass is 16.5. The second kappa shape index (κ2) is 7.46. The number of aliphatic imine (C=N–C) groups is 1. The van der Waals surface area contributed by atoms with E-state index in [-0.39, 0.29) is 12.7 Å². The molecule has 3 N–H and O–H groups in total.